The molecule has 0 saturated heterocycles. The SMILES string of the molecule is O=[N+]([O-])c1cccc([C@@H](O)S(=O)(=O)[O-])c1. The highest BCUT2D eigenvalue weighted by Crippen LogP contribution is 2.22. The van der Waals surface area contributed by atoms with Crippen LogP contribution < -0.4 is 0 Å². The van der Waals surface area contributed by atoms with Crippen LogP contribution in [0.25, 0.3) is 0 Å². The van der Waals surface area contributed by atoms with Gasteiger partial charge in [-0.1, -0.05) is 12.1 Å². The first-order valence-corrected chi connectivity index (χ1v) is 5.16. The average Bonchev–Trinajstić information content (AvgIpc) is 2.15. The topological polar surface area (TPSA) is 121 Å². The van der Waals surface area contributed by atoms with Crippen molar-refractivity contribution in [1.82, 2.24) is 0 Å². The minimum Gasteiger partial charge on any atom is -0.746 e. The number of nitro benzene ring substituents is 1. The number of non-ortho nitro benzene ring substituents is 1. The fourth-order valence-electron chi connectivity index (χ4n) is 0.959. The maximum atomic E-state index is 10.4. The van der Waals surface area contributed by atoms with E-state index >= 15 is 0 Å². The summed E-state index contributed by atoms with van der Waals surface area (Å²) in [5.41, 5.74) is -2.99. The summed E-state index contributed by atoms with van der Waals surface area (Å²) in [5.74, 6) is 0. The molecule has 1 rings (SSSR count). The van der Waals surface area contributed by atoms with Crippen LogP contribution in [-0.4, -0.2) is 23.0 Å². The van der Waals surface area contributed by atoms with Gasteiger partial charge in [-0.15, -0.1) is 0 Å². The van der Waals surface area contributed by atoms with E-state index < -0.39 is 26.2 Å². The molecule has 0 aliphatic heterocycles. The average molecular weight is 232 g/mol. The molecule has 0 aliphatic rings. The first-order valence-electron chi connectivity index (χ1n) is 3.69. The lowest BCUT2D eigenvalue weighted by Crippen LogP contribution is -2.11. The Bertz CT molecular complexity index is 482. The molecule has 82 valence electrons. The molecule has 15 heavy (non-hydrogen) atoms. The van der Waals surface area contributed by atoms with Gasteiger partial charge in [0.1, 0.15) is 10.1 Å². The van der Waals surface area contributed by atoms with Gasteiger partial charge < -0.3 is 9.66 Å². The van der Waals surface area contributed by atoms with Crippen LogP contribution in [0.2, 0.25) is 0 Å². The second kappa shape index (κ2) is 3.93. The molecule has 1 aromatic rings. The number of hydrogen-bond acceptors (Lipinski definition) is 6. The first kappa shape index (κ1) is 11.6. The van der Waals surface area contributed by atoms with Crippen molar-refractivity contribution < 1.29 is 23.0 Å². The van der Waals surface area contributed by atoms with Crippen LogP contribution in [-0.2, 0) is 10.1 Å². The molecule has 0 unspecified atom stereocenters. The lowest BCUT2D eigenvalue weighted by atomic mass is 10.2. The maximum Gasteiger partial charge on any atom is 0.269 e. The summed E-state index contributed by atoms with van der Waals surface area (Å²) in [4.78, 5) is 9.57. The molecule has 0 amide bonds. The Kier molecular flexibility index (Phi) is 3.03. The molecule has 8 heteroatoms. The predicted molar refractivity (Wildman–Crippen MR) is 47.8 cm³/mol. The Balaban J connectivity index is 3.17. The van der Waals surface area contributed by atoms with Crippen LogP contribution in [0.15, 0.2) is 24.3 Å². The van der Waals surface area contributed by atoms with Gasteiger partial charge in [0.15, 0.2) is 5.44 Å². The van der Waals surface area contributed by atoms with Gasteiger partial charge in [0.05, 0.1) is 4.92 Å². The summed E-state index contributed by atoms with van der Waals surface area (Å²) < 4.78 is 31.3. The second-order valence-corrected chi connectivity index (χ2v) is 4.13. The molecule has 0 fully saturated rings. The zero-order valence-corrected chi connectivity index (χ0v) is 8.05. The van der Waals surface area contributed by atoms with Gasteiger partial charge in [0.25, 0.3) is 5.69 Å². The minimum absolute atomic E-state index is 0.320. The number of hydrogen-bond donors (Lipinski definition) is 1. The van der Waals surface area contributed by atoms with Crippen LogP contribution in [0.1, 0.15) is 11.0 Å². The van der Waals surface area contributed by atoms with E-state index in [1.165, 1.54) is 6.07 Å². The van der Waals surface area contributed by atoms with Gasteiger partial charge in [-0.25, -0.2) is 8.42 Å². The quantitative estimate of drug-likeness (QED) is 0.449. The fourth-order valence-corrected chi connectivity index (χ4v) is 1.44. The molecule has 0 bridgehead atoms. The van der Waals surface area contributed by atoms with Crippen LogP contribution in [0.5, 0.6) is 0 Å². The lowest BCUT2D eigenvalue weighted by molar-refractivity contribution is -0.384. The predicted octanol–water partition coefficient (Wildman–Crippen LogP) is 0.131. The first-order chi connectivity index (χ1) is 6.82. The van der Waals surface area contributed by atoms with Crippen LogP contribution in [0, 0.1) is 10.1 Å². The molecule has 7 nitrogen and oxygen atoms in total. The molecule has 0 radical (unpaired) electrons. The Labute approximate surface area is 84.9 Å². The highest BCUT2D eigenvalue weighted by atomic mass is 32.2. The summed E-state index contributed by atoms with van der Waals surface area (Å²) >= 11 is 0. The van der Waals surface area contributed by atoms with Crippen molar-refractivity contribution in [2.75, 3.05) is 0 Å². The van der Waals surface area contributed by atoms with Gasteiger partial charge in [-0.05, 0) is 0 Å². The van der Waals surface area contributed by atoms with E-state index in [-0.39, 0.29) is 5.56 Å². The molecular weight excluding hydrogens is 226 g/mol. The van der Waals surface area contributed by atoms with Crippen molar-refractivity contribution in [1.29, 1.82) is 0 Å². The molecule has 0 aromatic heterocycles. The highest BCUT2D eigenvalue weighted by Gasteiger charge is 2.17. The third kappa shape index (κ3) is 2.72. The highest BCUT2D eigenvalue weighted by molar-refractivity contribution is 7.85. The molecule has 0 aliphatic carbocycles. The number of nitro groups is 1. The number of aliphatic hydroxyl groups excluding tert-OH is 1. The van der Waals surface area contributed by atoms with Crippen molar-refractivity contribution in [2.24, 2.45) is 0 Å². The van der Waals surface area contributed by atoms with Crippen molar-refractivity contribution in [3.8, 4) is 0 Å². The normalized spacial score (nSPS) is 13.5. The van der Waals surface area contributed by atoms with E-state index in [4.69, 9.17) is 5.11 Å². The molecule has 0 heterocycles. The zero-order chi connectivity index (χ0) is 11.6. The van der Waals surface area contributed by atoms with Gasteiger partial charge in [0.2, 0.25) is 0 Å². The number of aliphatic hydroxyl groups is 1. The Morgan fingerprint density at radius 2 is 2.00 bits per heavy atom. The third-order valence-corrected chi connectivity index (χ3v) is 2.46. The van der Waals surface area contributed by atoms with E-state index in [9.17, 15) is 23.1 Å². The molecule has 0 spiro atoms. The van der Waals surface area contributed by atoms with Crippen LogP contribution in [0.3, 0.4) is 0 Å². The number of nitrogens with zero attached hydrogens (tertiary/aromatic N) is 1. The van der Waals surface area contributed by atoms with Gasteiger partial charge in [0, 0.05) is 17.7 Å². The van der Waals surface area contributed by atoms with Gasteiger partial charge in [-0.3, -0.25) is 10.1 Å². The Morgan fingerprint density at radius 3 is 2.47 bits per heavy atom. The standard InChI is InChI=1S/C7H7NO6S/c9-7(15(12,13)14)5-2-1-3-6(4-5)8(10)11/h1-4,7,9H,(H,12,13,14)/p-1/t7-/m0/s1. The summed E-state index contributed by atoms with van der Waals surface area (Å²) in [6.07, 6.45) is 0. The maximum absolute atomic E-state index is 10.4. The summed E-state index contributed by atoms with van der Waals surface area (Å²) in [5, 5.41) is 19.4. The lowest BCUT2D eigenvalue weighted by Gasteiger charge is -2.14. The molecule has 1 N–H and O–H groups in total. The minimum atomic E-state index is -4.92. The third-order valence-electron chi connectivity index (χ3n) is 1.64. The Hall–Kier alpha value is -1.51. The van der Waals surface area contributed by atoms with E-state index in [1.807, 2.05) is 0 Å². The summed E-state index contributed by atoms with van der Waals surface area (Å²) in [7, 11) is -4.92. The van der Waals surface area contributed by atoms with Crippen molar-refractivity contribution in [3.63, 3.8) is 0 Å². The van der Waals surface area contributed by atoms with E-state index in [2.05, 4.69) is 0 Å². The van der Waals surface area contributed by atoms with Crippen molar-refractivity contribution in [3.05, 3.63) is 39.9 Å². The number of benzene rings is 1. The fraction of sp³-hybridized carbons (Fsp3) is 0.143. The van der Waals surface area contributed by atoms with Crippen molar-refractivity contribution >= 4 is 15.8 Å². The van der Waals surface area contributed by atoms with Crippen LogP contribution in [0.4, 0.5) is 5.69 Å². The van der Waals surface area contributed by atoms with E-state index in [0.29, 0.717) is 0 Å². The molecule has 1 aromatic carbocycles. The zero-order valence-electron chi connectivity index (χ0n) is 7.23. The summed E-state index contributed by atoms with van der Waals surface area (Å²) in [6, 6.07) is 4.25. The van der Waals surface area contributed by atoms with Gasteiger partial charge >= 0.3 is 0 Å². The summed E-state index contributed by atoms with van der Waals surface area (Å²) in [6.45, 7) is 0. The van der Waals surface area contributed by atoms with E-state index in [1.54, 1.807) is 0 Å². The number of rotatable bonds is 3. The monoisotopic (exact) mass is 232 g/mol. The Morgan fingerprint density at radius 1 is 1.40 bits per heavy atom. The molecule has 0 saturated carbocycles. The molecular formula is C7H6NO6S-. The smallest absolute Gasteiger partial charge is 0.269 e. The van der Waals surface area contributed by atoms with Crippen LogP contribution >= 0.6 is 0 Å². The largest absolute Gasteiger partial charge is 0.746 e. The van der Waals surface area contributed by atoms with Gasteiger partial charge in [-0.2, -0.15) is 0 Å². The second-order valence-electron chi connectivity index (χ2n) is 2.70. The van der Waals surface area contributed by atoms with E-state index in [0.717, 1.165) is 18.2 Å². The molecule has 1 atom stereocenters. The van der Waals surface area contributed by atoms with Crippen molar-refractivity contribution in [2.45, 2.75) is 5.44 Å².